The van der Waals surface area contributed by atoms with Crippen molar-refractivity contribution in [3.05, 3.63) is 58.9 Å². The van der Waals surface area contributed by atoms with Crippen molar-refractivity contribution in [1.29, 1.82) is 0 Å². The fourth-order valence-corrected chi connectivity index (χ4v) is 4.60. The van der Waals surface area contributed by atoms with Crippen LogP contribution in [0.4, 0.5) is 0 Å². The van der Waals surface area contributed by atoms with Crippen LogP contribution in [0.5, 0.6) is 11.5 Å². The highest BCUT2D eigenvalue weighted by Gasteiger charge is 2.29. The number of hydrogen-bond donors (Lipinski definition) is 0. The minimum absolute atomic E-state index is 0.230. The van der Waals surface area contributed by atoms with Gasteiger partial charge in [-0.1, -0.05) is 29.8 Å². The Bertz CT molecular complexity index is 1100. The van der Waals surface area contributed by atoms with Crippen molar-refractivity contribution in [2.75, 3.05) is 13.2 Å². The van der Waals surface area contributed by atoms with Gasteiger partial charge in [0, 0.05) is 0 Å². The average molecular weight is 421 g/mol. The lowest BCUT2D eigenvalue weighted by Crippen LogP contribution is -2.18. The van der Waals surface area contributed by atoms with Gasteiger partial charge in [0.15, 0.2) is 27.2 Å². The lowest BCUT2D eigenvalue weighted by molar-refractivity contribution is 0.171. The Morgan fingerprint density at radius 2 is 1.93 bits per heavy atom. The molecule has 28 heavy (non-hydrogen) atoms. The number of fused-ring (bicyclic) bond motifs is 1. The fraction of sp³-hybridized carbons (Fsp3) is 0.278. The van der Waals surface area contributed by atoms with E-state index in [1.807, 2.05) is 18.2 Å². The zero-order valence-electron chi connectivity index (χ0n) is 14.9. The van der Waals surface area contributed by atoms with Crippen molar-refractivity contribution >= 4 is 21.4 Å². The molecule has 0 amide bonds. The number of rotatable bonds is 5. The molecule has 0 bridgehead atoms. The Kier molecular flexibility index (Phi) is 4.94. The Morgan fingerprint density at radius 1 is 1.18 bits per heavy atom. The Hall–Kier alpha value is -2.65. The molecule has 10 heteroatoms. The minimum Gasteiger partial charge on any atom is -0.486 e. The molecule has 146 valence electrons. The highest BCUT2D eigenvalue weighted by molar-refractivity contribution is 7.90. The Morgan fingerprint density at radius 3 is 2.71 bits per heavy atom. The number of sulfone groups is 1. The first-order chi connectivity index (χ1) is 13.5. The van der Waals surface area contributed by atoms with Gasteiger partial charge < -0.3 is 9.47 Å². The molecule has 0 fully saturated rings. The summed E-state index contributed by atoms with van der Waals surface area (Å²) in [4.78, 5) is 0. The van der Waals surface area contributed by atoms with E-state index >= 15 is 0 Å². The monoisotopic (exact) mass is 420 g/mol. The van der Waals surface area contributed by atoms with Gasteiger partial charge in [0.05, 0.1) is 16.5 Å². The van der Waals surface area contributed by atoms with E-state index in [9.17, 15) is 8.42 Å². The normalized spacial score (nSPS) is 14.6. The topological polar surface area (TPSA) is 96.2 Å². The van der Waals surface area contributed by atoms with E-state index < -0.39 is 15.1 Å². The van der Waals surface area contributed by atoms with Gasteiger partial charge >= 0.3 is 0 Å². The first-order valence-electron chi connectivity index (χ1n) is 8.59. The molecule has 3 aromatic rings. The second kappa shape index (κ2) is 7.40. The Balaban J connectivity index is 1.63. The number of benzene rings is 2. The first-order valence-corrected chi connectivity index (χ1v) is 10.7. The standard InChI is InChI=1S/C18H17ClN4O4S/c1-12(18-20-21-22-23(18)14-5-3-2-4-6-14)28(24,25)11-13-9-15(19)17-16(10-13)26-7-8-27-17/h2-6,9-10,12H,7-8,11H2,1H3/t12-/m0/s1. The van der Waals surface area contributed by atoms with Crippen LogP contribution in [-0.4, -0.2) is 41.8 Å². The van der Waals surface area contributed by atoms with E-state index in [0.29, 0.717) is 41.0 Å². The van der Waals surface area contributed by atoms with E-state index in [1.165, 1.54) is 4.68 Å². The molecule has 2 heterocycles. The highest BCUT2D eigenvalue weighted by atomic mass is 35.5. The third-order valence-electron chi connectivity index (χ3n) is 4.42. The quantitative estimate of drug-likeness (QED) is 0.626. The molecule has 8 nitrogen and oxygen atoms in total. The number of aromatic nitrogens is 4. The molecule has 1 atom stereocenters. The van der Waals surface area contributed by atoms with Crippen LogP contribution >= 0.6 is 11.6 Å². The summed E-state index contributed by atoms with van der Waals surface area (Å²) in [5.74, 6) is 0.905. The predicted octanol–water partition coefficient (Wildman–Crippen LogP) is 2.76. The van der Waals surface area contributed by atoms with Crippen molar-refractivity contribution in [3.63, 3.8) is 0 Å². The highest BCUT2D eigenvalue weighted by Crippen LogP contribution is 2.39. The van der Waals surface area contributed by atoms with Crippen LogP contribution in [0.15, 0.2) is 42.5 Å². The molecule has 2 aromatic carbocycles. The van der Waals surface area contributed by atoms with Gasteiger partial charge in [-0.3, -0.25) is 0 Å². The van der Waals surface area contributed by atoms with Crippen LogP contribution in [-0.2, 0) is 15.6 Å². The van der Waals surface area contributed by atoms with E-state index in [1.54, 1.807) is 31.2 Å². The number of tetrazole rings is 1. The molecule has 1 aliphatic heterocycles. The third-order valence-corrected chi connectivity index (χ3v) is 6.73. The maximum Gasteiger partial charge on any atom is 0.179 e. The van der Waals surface area contributed by atoms with Crippen LogP contribution in [0.3, 0.4) is 0 Å². The predicted molar refractivity (Wildman–Crippen MR) is 103 cm³/mol. The lowest BCUT2D eigenvalue weighted by atomic mass is 10.2. The number of nitrogens with zero attached hydrogens (tertiary/aromatic N) is 4. The molecule has 0 N–H and O–H groups in total. The van der Waals surface area contributed by atoms with E-state index in [-0.39, 0.29) is 11.6 Å². The van der Waals surface area contributed by atoms with E-state index in [0.717, 1.165) is 0 Å². The number of ether oxygens (including phenoxy) is 2. The summed E-state index contributed by atoms with van der Waals surface area (Å²) in [6, 6.07) is 12.4. The summed E-state index contributed by atoms with van der Waals surface area (Å²) in [5, 5.41) is 10.9. The van der Waals surface area contributed by atoms with Gasteiger partial charge in [0.2, 0.25) is 0 Å². The van der Waals surface area contributed by atoms with Gasteiger partial charge in [0.25, 0.3) is 0 Å². The van der Waals surface area contributed by atoms with Crippen molar-refractivity contribution in [2.45, 2.75) is 17.9 Å². The van der Waals surface area contributed by atoms with Gasteiger partial charge in [0.1, 0.15) is 18.5 Å². The number of halogens is 1. The second-order valence-electron chi connectivity index (χ2n) is 6.34. The van der Waals surface area contributed by atoms with E-state index in [4.69, 9.17) is 21.1 Å². The molecule has 1 aromatic heterocycles. The summed E-state index contributed by atoms with van der Waals surface area (Å²) in [6.45, 7) is 2.37. The first kappa shape index (κ1) is 18.7. The lowest BCUT2D eigenvalue weighted by Gasteiger charge is -2.20. The molecule has 0 unspecified atom stereocenters. The molecule has 0 saturated heterocycles. The van der Waals surface area contributed by atoms with Gasteiger partial charge in [-0.15, -0.1) is 5.10 Å². The van der Waals surface area contributed by atoms with Crippen LogP contribution in [0, 0.1) is 0 Å². The molecule has 0 spiro atoms. The minimum atomic E-state index is -3.63. The average Bonchev–Trinajstić information content (AvgIpc) is 3.17. The molecule has 1 aliphatic rings. The van der Waals surface area contributed by atoms with E-state index in [2.05, 4.69) is 15.5 Å². The summed E-state index contributed by atoms with van der Waals surface area (Å²) in [7, 11) is -3.63. The van der Waals surface area contributed by atoms with Crippen molar-refractivity contribution in [2.24, 2.45) is 0 Å². The maximum atomic E-state index is 13.0. The number of para-hydroxylation sites is 1. The van der Waals surface area contributed by atoms with Crippen LogP contribution in [0.25, 0.3) is 5.69 Å². The fourth-order valence-electron chi connectivity index (χ4n) is 2.97. The molecule has 0 aliphatic carbocycles. The van der Waals surface area contributed by atoms with Gasteiger partial charge in [-0.2, -0.15) is 4.68 Å². The van der Waals surface area contributed by atoms with Crippen LogP contribution in [0.2, 0.25) is 5.02 Å². The zero-order chi connectivity index (χ0) is 19.7. The van der Waals surface area contributed by atoms with Crippen molar-refractivity contribution in [3.8, 4) is 17.2 Å². The second-order valence-corrected chi connectivity index (χ2v) is 9.06. The largest absolute Gasteiger partial charge is 0.486 e. The summed E-state index contributed by atoms with van der Waals surface area (Å²) >= 11 is 6.22. The molecular weight excluding hydrogens is 404 g/mol. The maximum absolute atomic E-state index is 13.0. The Labute approximate surface area is 167 Å². The smallest absolute Gasteiger partial charge is 0.179 e. The molecule has 4 rings (SSSR count). The van der Waals surface area contributed by atoms with Crippen molar-refractivity contribution < 1.29 is 17.9 Å². The van der Waals surface area contributed by atoms with Crippen LogP contribution in [0.1, 0.15) is 23.6 Å². The van der Waals surface area contributed by atoms with Crippen molar-refractivity contribution in [1.82, 2.24) is 20.2 Å². The molecular formula is C18H17ClN4O4S. The molecule has 0 saturated carbocycles. The number of hydrogen-bond acceptors (Lipinski definition) is 7. The summed E-state index contributed by atoms with van der Waals surface area (Å²) in [6.07, 6.45) is 0. The zero-order valence-corrected chi connectivity index (χ0v) is 16.5. The molecule has 0 radical (unpaired) electrons. The van der Waals surface area contributed by atoms with Crippen LogP contribution < -0.4 is 9.47 Å². The summed E-state index contributed by atoms with van der Waals surface area (Å²) < 4.78 is 38.5. The summed E-state index contributed by atoms with van der Waals surface area (Å²) in [5.41, 5.74) is 1.20. The van der Waals surface area contributed by atoms with Gasteiger partial charge in [-0.25, -0.2) is 8.42 Å². The SMILES string of the molecule is C[C@@H](c1nnnn1-c1ccccc1)S(=O)(=O)Cc1cc(Cl)c2c(c1)OCCO2. The third kappa shape index (κ3) is 3.55. The van der Waals surface area contributed by atoms with Gasteiger partial charge in [-0.05, 0) is 47.2 Å².